The zero-order chi connectivity index (χ0) is 15.1. The third-order valence-corrected chi connectivity index (χ3v) is 3.06. The largest absolute Gasteiger partial charge is 0.497 e. The van der Waals surface area contributed by atoms with Crippen LogP contribution < -0.4 is 15.4 Å². The molecule has 2 N–H and O–H groups in total. The van der Waals surface area contributed by atoms with E-state index in [0.29, 0.717) is 5.92 Å². The van der Waals surface area contributed by atoms with Crippen molar-refractivity contribution < 1.29 is 4.74 Å². The zero-order valence-corrected chi connectivity index (χ0v) is 12.8. The van der Waals surface area contributed by atoms with E-state index in [1.165, 1.54) is 0 Å². The maximum absolute atomic E-state index is 5.14. The Balaban J connectivity index is 1.96. The Morgan fingerprint density at radius 3 is 2.48 bits per heavy atom. The van der Waals surface area contributed by atoms with Gasteiger partial charge in [0.05, 0.1) is 7.11 Å². The molecule has 21 heavy (non-hydrogen) atoms. The molecule has 0 aliphatic carbocycles. The molecule has 0 amide bonds. The number of benzene rings is 1. The highest BCUT2D eigenvalue weighted by Crippen LogP contribution is 2.19. The molecule has 2 aromatic rings. The van der Waals surface area contributed by atoms with Crippen LogP contribution in [0.1, 0.15) is 20.3 Å². The average molecular weight is 286 g/mol. The molecule has 5 nitrogen and oxygen atoms in total. The molecule has 0 saturated heterocycles. The van der Waals surface area contributed by atoms with Crippen LogP contribution in [0.3, 0.4) is 0 Å². The monoisotopic (exact) mass is 286 g/mol. The van der Waals surface area contributed by atoms with Gasteiger partial charge in [0.2, 0.25) is 0 Å². The number of nitrogens with one attached hydrogen (secondary N) is 2. The SMILES string of the molecule is COc1ccc(Nc2cc(NCCC(C)C)ncn2)cc1. The molecule has 112 valence electrons. The first-order chi connectivity index (χ1) is 10.2. The number of hydrogen-bond acceptors (Lipinski definition) is 5. The van der Waals surface area contributed by atoms with E-state index in [4.69, 9.17) is 4.74 Å². The van der Waals surface area contributed by atoms with Gasteiger partial charge in [-0.2, -0.15) is 0 Å². The summed E-state index contributed by atoms with van der Waals surface area (Å²) in [5.74, 6) is 3.11. The number of ether oxygens (including phenoxy) is 1. The van der Waals surface area contributed by atoms with Crippen LogP contribution in [-0.4, -0.2) is 23.6 Å². The van der Waals surface area contributed by atoms with Gasteiger partial charge in [0.1, 0.15) is 23.7 Å². The van der Waals surface area contributed by atoms with Crippen LogP contribution in [0, 0.1) is 5.92 Å². The van der Waals surface area contributed by atoms with E-state index in [1.54, 1.807) is 13.4 Å². The number of anilines is 3. The molecule has 0 aliphatic rings. The fraction of sp³-hybridized carbons (Fsp3) is 0.375. The second kappa shape index (κ2) is 7.47. The van der Waals surface area contributed by atoms with Gasteiger partial charge in [-0.05, 0) is 36.6 Å². The molecule has 0 radical (unpaired) electrons. The summed E-state index contributed by atoms with van der Waals surface area (Å²) < 4.78 is 5.14. The molecule has 0 aliphatic heterocycles. The van der Waals surface area contributed by atoms with E-state index in [2.05, 4.69) is 34.4 Å². The van der Waals surface area contributed by atoms with Crippen molar-refractivity contribution in [2.75, 3.05) is 24.3 Å². The average Bonchev–Trinajstić information content (AvgIpc) is 2.48. The van der Waals surface area contributed by atoms with Gasteiger partial charge in [-0.1, -0.05) is 13.8 Å². The zero-order valence-electron chi connectivity index (χ0n) is 12.8. The minimum atomic E-state index is 0.677. The summed E-state index contributed by atoms with van der Waals surface area (Å²) in [5.41, 5.74) is 0.961. The third kappa shape index (κ3) is 4.95. The minimum Gasteiger partial charge on any atom is -0.497 e. The summed E-state index contributed by atoms with van der Waals surface area (Å²) in [6, 6.07) is 9.63. The van der Waals surface area contributed by atoms with E-state index in [-0.39, 0.29) is 0 Å². The summed E-state index contributed by atoms with van der Waals surface area (Å²) in [6.07, 6.45) is 2.68. The quantitative estimate of drug-likeness (QED) is 0.813. The fourth-order valence-electron chi connectivity index (χ4n) is 1.83. The molecule has 0 fully saturated rings. The van der Waals surface area contributed by atoms with Crippen molar-refractivity contribution in [1.29, 1.82) is 0 Å². The van der Waals surface area contributed by atoms with E-state index in [1.807, 2.05) is 30.3 Å². The Morgan fingerprint density at radius 1 is 1.10 bits per heavy atom. The van der Waals surface area contributed by atoms with Gasteiger partial charge in [-0.3, -0.25) is 0 Å². The van der Waals surface area contributed by atoms with Gasteiger partial charge in [-0.25, -0.2) is 9.97 Å². The van der Waals surface area contributed by atoms with Crippen LogP contribution in [0.4, 0.5) is 17.3 Å². The molecule has 1 aromatic carbocycles. The number of nitrogens with zero attached hydrogens (tertiary/aromatic N) is 2. The van der Waals surface area contributed by atoms with E-state index in [0.717, 1.165) is 36.0 Å². The van der Waals surface area contributed by atoms with Crippen molar-refractivity contribution in [1.82, 2.24) is 9.97 Å². The Kier molecular flexibility index (Phi) is 5.37. The summed E-state index contributed by atoms with van der Waals surface area (Å²) in [6.45, 7) is 5.33. The number of methoxy groups -OCH3 is 1. The maximum atomic E-state index is 5.14. The van der Waals surface area contributed by atoms with Crippen LogP contribution in [0.5, 0.6) is 5.75 Å². The van der Waals surface area contributed by atoms with Crippen molar-refractivity contribution in [3.63, 3.8) is 0 Å². The number of aromatic nitrogens is 2. The lowest BCUT2D eigenvalue weighted by atomic mass is 10.1. The summed E-state index contributed by atoms with van der Waals surface area (Å²) in [5, 5.41) is 6.56. The molecular weight excluding hydrogens is 264 g/mol. The van der Waals surface area contributed by atoms with E-state index in [9.17, 15) is 0 Å². The Bertz CT molecular complexity index is 554. The number of rotatable bonds is 7. The first kappa shape index (κ1) is 15.1. The minimum absolute atomic E-state index is 0.677. The van der Waals surface area contributed by atoms with Crippen LogP contribution in [0.15, 0.2) is 36.7 Å². The molecule has 5 heteroatoms. The summed E-state index contributed by atoms with van der Waals surface area (Å²) >= 11 is 0. The van der Waals surface area contributed by atoms with E-state index >= 15 is 0 Å². The standard InChI is InChI=1S/C16H22N4O/c1-12(2)8-9-17-15-10-16(19-11-18-15)20-13-4-6-14(21-3)7-5-13/h4-7,10-12H,8-9H2,1-3H3,(H2,17,18,19,20). The predicted octanol–water partition coefficient (Wildman–Crippen LogP) is 3.69. The van der Waals surface area contributed by atoms with E-state index < -0.39 is 0 Å². The molecular formula is C16H22N4O. The molecule has 0 bridgehead atoms. The first-order valence-corrected chi connectivity index (χ1v) is 7.14. The van der Waals surface area contributed by atoms with Crippen molar-refractivity contribution in [2.45, 2.75) is 20.3 Å². The van der Waals surface area contributed by atoms with Crippen LogP contribution in [0.25, 0.3) is 0 Å². The second-order valence-electron chi connectivity index (χ2n) is 5.25. The third-order valence-electron chi connectivity index (χ3n) is 3.06. The van der Waals surface area contributed by atoms with Gasteiger partial charge < -0.3 is 15.4 Å². The lowest BCUT2D eigenvalue weighted by molar-refractivity contribution is 0.415. The normalized spacial score (nSPS) is 10.5. The highest BCUT2D eigenvalue weighted by molar-refractivity contribution is 5.59. The lowest BCUT2D eigenvalue weighted by Crippen LogP contribution is -2.06. The molecule has 0 atom stereocenters. The van der Waals surface area contributed by atoms with Crippen LogP contribution >= 0.6 is 0 Å². The Morgan fingerprint density at radius 2 is 1.81 bits per heavy atom. The lowest BCUT2D eigenvalue weighted by Gasteiger charge is -2.10. The van der Waals surface area contributed by atoms with Gasteiger partial charge in [0.15, 0.2) is 0 Å². The predicted molar refractivity (Wildman–Crippen MR) is 86.3 cm³/mol. The molecule has 0 unspecified atom stereocenters. The molecule has 0 saturated carbocycles. The molecule has 1 aromatic heterocycles. The van der Waals surface area contributed by atoms with Gasteiger partial charge in [0.25, 0.3) is 0 Å². The smallest absolute Gasteiger partial charge is 0.135 e. The Hall–Kier alpha value is -2.30. The number of hydrogen-bond donors (Lipinski definition) is 2. The topological polar surface area (TPSA) is 59.1 Å². The van der Waals surface area contributed by atoms with Crippen molar-refractivity contribution in [3.05, 3.63) is 36.7 Å². The Labute approximate surface area is 125 Å². The fourth-order valence-corrected chi connectivity index (χ4v) is 1.83. The maximum Gasteiger partial charge on any atom is 0.135 e. The van der Waals surface area contributed by atoms with Crippen molar-refractivity contribution in [3.8, 4) is 5.75 Å². The molecule has 0 spiro atoms. The molecule has 1 heterocycles. The van der Waals surface area contributed by atoms with Crippen LogP contribution in [-0.2, 0) is 0 Å². The highest BCUT2D eigenvalue weighted by atomic mass is 16.5. The van der Waals surface area contributed by atoms with Gasteiger partial charge >= 0.3 is 0 Å². The van der Waals surface area contributed by atoms with Crippen molar-refractivity contribution >= 4 is 17.3 Å². The first-order valence-electron chi connectivity index (χ1n) is 7.14. The summed E-state index contributed by atoms with van der Waals surface area (Å²) in [4.78, 5) is 8.45. The van der Waals surface area contributed by atoms with Gasteiger partial charge in [-0.15, -0.1) is 0 Å². The second-order valence-corrected chi connectivity index (χ2v) is 5.25. The van der Waals surface area contributed by atoms with Crippen molar-refractivity contribution in [2.24, 2.45) is 5.92 Å². The van der Waals surface area contributed by atoms with Crippen LogP contribution in [0.2, 0.25) is 0 Å². The highest BCUT2D eigenvalue weighted by Gasteiger charge is 2.01. The summed E-state index contributed by atoms with van der Waals surface area (Å²) in [7, 11) is 1.65. The van der Waals surface area contributed by atoms with Gasteiger partial charge in [0, 0.05) is 18.3 Å². The molecule has 2 rings (SSSR count).